The van der Waals surface area contributed by atoms with E-state index in [9.17, 15) is 0 Å². The van der Waals surface area contributed by atoms with Crippen molar-refractivity contribution in [3.63, 3.8) is 0 Å². The number of anilines is 2. The lowest BCUT2D eigenvalue weighted by atomic mass is 10.2. The van der Waals surface area contributed by atoms with E-state index in [4.69, 9.17) is 15.3 Å². The van der Waals surface area contributed by atoms with E-state index in [1.807, 2.05) is 6.92 Å². The molecule has 0 radical (unpaired) electrons. The zero-order valence-electron chi connectivity index (χ0n) is 10.9. The van der Waals surface area contributed by atoms with Crippen LogP contribution in [0.3, 0.4) is 0 Å². The van der Waals surface area contributed by atoms with Crippen molar-refractivity contribution in [3.05, 3.63) is 11.9 Å². The Kier molecular flexibility index (Phi) is 7.00. The molecule has 0 unspecified atom stereocenters. The van der Waals surface area contributed by atoms with E-state index in [0.717, 1.165) is 17.8 Å². The second-order valence-corrected chi connectivity index (χ2v) is 3.58. The molecule has 1 aromatic rings. The molecule has 0 amide bonds. The number of nitrogens with two attached hydrogens (primary N) is 1. The quantitative estimate of drug-likeness (QED) is 0.334. The van der Waals surface area contributed by atoms with Gasteiger partial charge in [0, 0.05) is 19.2 Å². The summed E-state index contributed by atoms with van der Waals surface area (Å²) in [5, 5.41) is 3.20. The van der Waals surface area contributed by atoms with Crippen LogP contribution in [-0.4, -0.2) is 43.4 Å². The van der Waals surface area contributed by atoms with Gasteiger partial charge in [0.2, 0.25) is 0 Å². The summed E-state index contributed by atoms with van der Waals surface area (Å²) in [4.78, 5) is 8.26. The molecule has 1 heterocycles. The normalized spacial score (nSPS) is 10.4. The van der Waals surface area contributed by atoms with Crippen molar-refractivity contribution in [1.82, 2.24) is 9.97 Å². The molecular weight excluding hydrogens is 234 g/mol. The van der Waals surface area contributed by atoms with E-state index in [1.165, 1.54) is 6.33 Å². The third kappa shape index (κ3) is 4.44. The zero-order valence-corrected chi connectivity index (χ0v) is 10.9. The van der Waals surface area contributed by atoms with Gasteiger partial charge in [-0.05, 0) is 6.42 Å². The van der Waals surface area contributed by atoms with Gasteiger partial charge in [0.15, 0.2) is 0 Å². The fraction of sp³-hybridized carbons (Fsp3) is 0.636. The van der Waals surface area contributed by atoms with Gasteiger partial charge in [-0.25, -0.2) is 15.8 Å². The van der Waals surface area contributed by atoms with Gasteiger partial charge < -0.3 is 20.2 Å². The second kappa shape index (κ2) is 8.62. The van der Waals surface area contributed by atoms with E-state index >= 15 is 0 Å². The fourth-order valence-corrected chi connectivity index (χ4v) is 1.51. The molecule has 0 aliphatic rings. The fourth-order valence-electron chi connectivity index (χ4n) is 1.51. The van der Waals surface area contributed by atoms with Crippen molar-refractivity contribution < 1.29 is 9.47 Å². The number of ether oxygens (including phenoxy) is 2. The Morgan fingerprint density at radius 3 is 2.67 bits per heavy atom. The highest BCUT2D eigenvalue weighted by atomic mass is 16.5. The molecule has 0 bridgehead atoms. The van der Waals surface area contributed by atoms with Crippen LogP contribution in [0, 0.1) is 0 Å². The van der Waals surface area contributed by atoms with Gasteiger partial charge in [-0.3, -0.25) is 0 Å². The molecule has 1 aromatic heterocycles. The molecule has 0 aliphatic carbocycles. The molecule has 7 nitrogen and oxygen atoms in total. The molecule has 0 aliphatic heterocycles. The van der Waals surface area contributed by atoms with Crippen molar-refractivity contribution >= 4 is 11.6 Å². The van der Waals surface area contributed by atoms with Gasteiger partial charge in [0.1, 0.15) is 18.0 Å². The molecule has 1 rings (SSSR count). The number of methoxy groups -OCH3 is 1. The first-order chi connectivity index (χ1) is 8.83. The van der Waals surface area contributed by atoms with E-state index in [2.05, 4.69) is 20.7 Å². The molecule has 0 fully saturated rings. The third-order valence-electron chi connectivity index (χ3n) is 2.41. The summed E-state index contributed by atoms with van der Waals surface area (Å²) >= 11 is 0. The first kappa shape index (κ1) is 14.6. The summed E-state index contributed by atoms with van der Waals surface area (Å²) < 4.78 is 10.2. The summed E-state index contributed by atoms with van der Waals surface area (Å²) in [7, 11) is 1.65. The van der Waals surface area contributed by atoms with Crippen LogP contribution in [0.25, 0.3) is 0 Å². The van der Waals surface area contributed by atoms with Crippen molar-refractivity contribution in [2.75, 3.05) is 44.2 Å². The molecule has 4 N–H and O–H groups in total. The predicted octanol–water partition coefficient (Wildman–Crippen LogP) is 0.400. The van der Waals surface area contributed by atoms with Crippen LogP contribution in [0.4, 0.5) is 11.6 Å². The number of nitrogens with one attached hydrogen (secondary N) is 2. The minimum atomic E-state index is 0.595. The Bertz CT molecular complexity index is 348. The van der Waals surface area contributed by atoms with Gasteiger partial charge >= 0.3 is 0 Å². The topological polar surface area (TPSA) is 94.3 Å². The lowest BCUT2D eigenvalue weighted by Gasteiger charge is -2.12. The number of rotatable bonds is 9. The number of nitrogen functional groups attached to an aromatic ring is 1. The van der Waals surface area contributed by atoms with Crippen LogP contribution in [0.5, 0.6) is 0 Å². The smallest absolute Gasteiger partial charge is 0.148 e. The number of nitrogens with zero attached hydrogens (tertiary/aromatic N) is 2. The van der Waals surface area contributed by atoms with E-state index in [0.29, 0.717) is 32.2 Å². The number of hydrazine groups is 1. The molecule has 0 spiro atoms. The van der Waals surface area contributed by atoms with Crippen LogP contribution in [0.1, 0.15) is 12.5 Å². The van der Waals surface area contributed by atoms with E-state index in [1.54, 1.807) is 7.11 Å². The predicted molar refractivity (Wildman–Crippen MR) is 70.4 cm³/mol. The molecule has 0 aromatic carbocycles. The molecule has 0 saturated carbocycles. The second-order valence-electron chi connectivity index (χ2n) is 3.58. The average molecular weight is 255 g/mol. The third-order valence-corrected chi connectivity index (χ3v) is 2.41. The Morgan fingerprint density at radius 2 is 2.00 bits per heavy atom. The molecule has 7 heteroatoms. The monoisotopic (exact) mass is 255 g/mol. The van der Waals surface area contributed by atoms with Crippen LogP contribution in [0.2, 0.25) is 0 Å². The van der Waals surface area contributed by atoms with E-state index in [-0.39, 0.29) is 0 Å². The SMILES string of the molecule is CCc1c(NN)ncnc1NCCOCCOC. The van der Waals surface area contributed by atoms with Crippen molar-refractivity contribution in [3.8, 4) is 0 Å². The summed E-state index contributed by atoms with van der Waals surface area (Å²) in [5.41, 5.74) is 3.54. The maximum absolute atomic E-state index is 5.40. The van der Waals surface area contributed by atoms with Gasteiger partial charge in [0.05, 0.1) is 19.8 Å². The lowest BCUT2D eigenvalue weighted by molar-refractivity contribution is 0.0759. The minimum absolute atomic E-state index is 0.595. The van der Waals surface area contributed by atoms with Crippen LogP contribution < -0.4 is 16.6 Å². The van der Waals surface area contributed by atoms with Gasteiger partial charge in [-0.1, -0.05) is 6.92 Å². The standard InChI is InChI=1S/C11H21N5O2/c1-3-9-10(14-8-15-11(9)16-12)13-4-5-18-7-6-17-2/h8H,3-7,12H2,1-2H3,(H2,13,14,15,16). The zero-order chi connectivity index (χ0) is 13.2. The molecular formula is C11H21N5O2. The number of aromatic nitrogens is 2. The highest BCUT2D eigenvalue weighted by Crippen LogP contribution is 2.18. The molecule has 18 heavy (non-hydrogen) atoms. The first-order valence-electron chi connectivity index (χ1n) is 5.94. The lowest BCUT2D eigenvalue weighted by Crippen LogP contribution is -2.16. The van der Waals surface area contributed by atoms with Crippen molar-refractivity contribution in [2.24, 2.45) is 5.84 Å². The van der Waals surface area contributed by atoms with Crippen LogP contribution >= 0.6 is 0 Å². The highest BCUT2D eigenvalue weighted by Gasteiger charge is 2.07. The number of hydrogen-bond acceptors (Lipinski definition) is 7. The Labute approximate surface area is 107 Å². The summed E-state index contributed by atoms with van der Waals surface area (Å²) in [6.07, 6.45) is 2.27. The summed E-state index contributed by atoms with van der Waals surface area (Å²) in [6, 6.07) is 0. The Hall–Kier alpha value is -1.44. The molecule has 102 valence electrons. The minimum Gasteiger partial charge on any atom is -0.382 e. The van der Waals surface area contributed by atoms with Crippen LogP contribution in [0.15, 0.2) is 6.33 Å². The maximum atomic E-state index is 5.40. The van der Waals surface area contributed by atoms with E-state index < -0.39 is 0 Å². The summed E-state index contributed by atoms with van der Waals surface area (Å²) in [5.74, 6) is 6.83. The average Bonchev–Trinajstić information content (AvgIpc) is 2.42. The summed E-state index contributed by atoms with van der Waals surface area (Å²) in [6.45, 7) is 4.51. The van der Waals surface area contributed by atoms with Crippen molar-refractivity contribution in [2.45, 2.75) is 13.3 Å². The van der Waals surface area contributed by atoms with Gasteiger partial charge in [-0.2, -0.15) is 0 Å². The first-order valence-corrected chi connectivity index (χ1v) is 5.94. The highest BCUT2D eigenvalue weighted by molar-refractivity contribution is 5.56. The Morgan fingerprint density at radius 1 is 1.22 bits per heavy atom. The maximum Gasteiger partial charge on any atom is 0.148 e. The largest absolute Gasteiger partial charge is 0.382 e. The van der Waals surface area contributed by atoms with Gasteiger partial charge in [-0.15, -0.1) is 0 Å². The number of hydrogen-bond donors (Lipinski definition) is 3. The van der Waals surface area contributed by atoms with Gasteiger partial charge in [0.25, 0.3) is 0 Å². The van der Waals surface area contributed by atoms with Crippen LogP contribution in [-0.2, 0) is 15.9 Å². The molecule has 0 saturated heterocycles. The van der Waals surface area contributed by atoms with Crippen molar-refractivity contribution in [1.29, 1.82) is 0 Å². The molecule has 0 atom stereocenters. The Balaban J connectivity index is 2.41.